The van der Waals surface area contributed by atoms with Crippen LogP contribution in [0.15, 0.2) is 0 Å². The summed E-state index contributed by atoms with van der Waals surface area (Å²) in [6.07, 6.45) is 8.97. The molecule has 1 aliphatic carbocycles. The summed E-state index contributed by atoms with van der Waals surface area (Å²) in [5, 5.41) is 3.31. The third kappa shape index (κ3) is 3.66. The lowest BCUT2D eigenvalue weighted by molar-refractivity contribution is 0.243. The molecule has 0 aromatic rings. The van der Waals surface area contributed by atoms with E-state index in [2.05, 4.69) is 5.32 Å². The number of nitrogens with zero attached hydrogens (tertiary/aromatic N) is 1. The fraction of sp³-hybridized carbons (Fsp3) is 1.00. The van der Waals surface area contributed by atoms with Gasteiger partial charge >= 0.3 is 0 Å². The van der Waals surface area contributed by atoms with Crippen molar-refractivity contribution >= 4 is 10.0 Å². The van der Waals surface area contributed by atoms with Crippen molar-refractivity contribution in [3.8, 4) is 0 Å². The van der Waals surface area contributed by atoms with E-state index in [4.69, 9.17) is 0 Å². The molecule has 0 aromatic carbocycles. The Morgan fingerprint density at radius 3 is 2.59 bits per heavy atom. The van der Waals surface area contributed by atoms with E-state index in [0.29, 0.717) is 6.54 Å². The van der Waals surface area contributed by atoms with Crippen LogP contribution in [0.2, 0.25) is 0 Å². The predicted molar refractivity (Wildman–Crippen MR) is 69.4 cm³/mol. The van der Waals surface area contributed by atoms with Crippen LogP contribution in [0.25, 0.3) is 0 Å². The summed E-state index contributed by atoms with van der Waals surface area (Å²) < 4.78 is 25.1. The fourth-order valence-corrected chi connectivity index (χ4v) is 4.30. The zero-order chi connectivity index (χ0) is 12.3. The molecule has 1 unspecified atom stereocenters. The molecule has 5 heteroatoms. The Morgan fingerprint density at radius 2 is 1.94 bits per heavy atom. The van der Waals surface area contributed by atoms with Gasteiger partial charge in [-0.2, -0.15) is 4.31 Å². The van der Waals surface area contributed by atoms with Gasteiger partial charge in [-0.25, -0.2) is 8.42 Å². The molecule has 1 heterocycles. The number of nitrogens with one attached hydrogen (secondary N) is 1. The van der Waals surface area contributed by atoms with Gasteiger partial charge in [0.25, 0.3) is 0 Å². The molecule has 0 bridgehead atoms. The molecular weight excluding hydrogens is 236 g/mol. The van der Waals surface area contributed by atoms with E-state index in [-0.39, 0.29) is 6.04 Å². The highest BCUT2D eigenvalue weighted by molar-refractivity contribution is 7.88. The van der Waals surface area contributed by atoms with Crippen molar-refractivity contribution in [2.24, 2.45) is 5.92 Å². The van der Waals surface area contributed by atoms with Crippen LogP contribution in [0.3, 0.4) is 0 Å². The normalized spacial score (nSPS) is 28.6. The molecule has 1 atom stereocenters. The SMILES string of the molecule is CS(=O)(=O)N1CCNCC1CCC1CCCC1. The van der Waals surface area contributed by atoms with Gasteiger partial charge in [0.15, 0.2) is 0 Å². The van der Waals surface area contributed by atoms with E-state index in [9.17, 15) is 8.42 Å². The van der Waals surface area contributed by atoms with Crippen molar-refractivity contribution in [3.63, 3.8) is 0 Å². The summed E-state index contributed by atoms with van der Waals surface area (Å²) in [5.74, 6) is 0.846. The number of piperazine rings is 1. The predicted octanol–water partition coefficient (Wildman–Crippen LogP) is 1.19. The van der Waals surface area contributed by atoms with Crippen LogP contribution in [0.5, 0.6) is 0 Å². The van der Waals surface area contributed by atoms with Gasteiger partial charge in [-0.1, -0.05) is 25.7 Å². The smallest absolute Gasteiger partial charge is 0.211 e. The minimum Gasteiger partial charge on any atom is -0.314 e. The summed E-state index contributed by atoms with van der Waals surface area (Å²) in [6.45, 7) is 2.24. The van der Waals surface area contributed by atoms with E-state index in [0.717, 1.165) is 25.4 Å². The molecule has 0 aromatic heterocycles. The number of rotatable bonds is 4. The molecule has 1 saturated heterocycles. The molecule has 0 amide bonds. The molecule has 4 nitrogen and oxygen atoms in total. The summed E-state index contributed by atoms with van der Waals surface area (Å²) in [5.41, 5.74) is 0. The van der Waals surface area contributed by atoms with Crippen LogP contribution < -0.4 is 5.32 Å². The molecule has 17 heavy (non-hydrogen) atoms. The first-order valence-electron chi connectivity index (χ1n) is 6.75. The largest absolute Gasteiger partial charge is 0.314 e. The average Bonchev–Trinajstić information content (AvgIpc) is 2.78. The van der Waals surface area contributed by atoms with E-state index in [1.807, 2.05) is 0 Å². The van der Waals surface area contributed by atoms with Gasteiger partial charge in [-0.05, 0) is 18.8 Å². The van der Waals surface area contributed by atoms with E-state index in [1.165, 1.54) is 38.4 Å². The third-order valence-corrected chi connectivity index (χ3v) is 5.44. The number of hydrogen-bond acceptors (Lipinski definition) is 3. The van der Waals surface area contributed by atoms with Crippen LogP contribution in [0, 0.1) is 5.92 Å². The lowest BCUT2D eigenvalue weighted by atomic mass is 9.98. The molecule has 2 rings (SSSR count). The Kier molecular flexibility index (Phi) is 4.44. The van der Waals surface area contributed by atoms with Crippen LogP contribution in [-0.4, -0.2) is 44.7 Å². The molecule has 1 aliphatic heterocycles. The maximum Gasteiger partial charge on any atom is 0.211 e. The maximum absolute atomic E-state index is 11.7. The monoisotopic (exact) mass is 260 g/mol. The van der Waals surface area contributed by atoms with Gasteiger partial charge in [-0.3, -0.25) is 0 Å². The van der Waals surface area contributed by atoms with E-state index >= 15 is 0 Å². The second kappa shape index (κ2) is 5.67. The van der Waals surface area contributed by atoms with Crippen LogP contribution in [0.4, 0.5) is 0 Å². The second-order valence-corrected chi connectivity index (χ2v) is 7.39. The number of hydrogen-bond donors (Lipinski definition) is 1. The average molecular weight is 260 g/mol. The first-order chi connectivity index (χ1) is 8.07. The van der Waals surface area contributed by atoms with Crippen molar-refractivity contribution in [2.45, 2.75) is 44.6 Å². The Morgan fingerprint density at radius 1 is 1.24 bits per heavy atom. The first-order valence-corrected chi connectivity index (χ1v) is 8.60. The standard InChI is InChI=1S/C12H24N2O2S/c1-17(15,16)14-9-8-13-10-12(14)7-6-11-4-2-3-5-11/h11-13H,2-10H2,1H3. The quantitative estimate of drug-likeness (QED) is 0.826. The molecule has 100 valence electrons. The van der Waals surface area contributed by atoms with E-state index in [1.54, 1.807) is 4.31 Å². The third-order valence-electron chi connectivity index (χ3n) is 4.11. The van der Waals surface area contributed by atoms with Crippen molar-refractivity contribution in [1.29, 1.82) is 0 Å². The van der Waals surface area contributed by atoms with Gasteiger partial charge in [0, 0.05) is 25.7 Å². The van der Waals surface area contributed by atoms with Gasteiger partial charge in [-0.15, -0.1) is 0 Å². The summed E-state index contributed by atoms with van der Waals surface area (Å²) in [4.78, 5) is 0. The minimum absolute atomic E-state index is 0.180. The highest BCUT2D eigenvalue weighted by Gasteiger charge is 2.29. The summed E-state index contributed by atoms with van der Waals surface area (Å²) in [6, 6.07) is 0.180. The molecule has 0 radical (unpaired) electrons. The number of sulfonamides is 1. The Bertz CT molecular complexity index is 336. The Hall–Kier alpha value is -0.130. The lowest BCUT2D eigenvalue weighted by Gasteiger charge is -2.34. The van der Waals surface area contributed by atoms with Crippen LogP contribution >= 0.6 is 0 Å². The van der Waals surface area contributed by atoms with E-state index < -0.39 is 10.0 Å². The molecular formula is C12H24N2O2S. The highest BCUT2D eigenvalue weighted by atomic mass is 32.2. The Balaban J connectivity index is 1.87. The Labute approximate surface area is 105 Å². The topological polar surface area (TPSA) is 49.4 Å². The summed E-state index contributed by atoms with van der Waals surface area (Å²) in [7, 11) is -3.03. The zero-order valence-electron chi connectivity index (χ0n) is 10.7. The van der Waals surface area contributed by atoms with Crippen molar-refractivity contribution < 1.29 is 8.42 Å². The molecule has 2 aliphatic rings. The van der Waals surface area contributed by atoms with Crippen molar-refractivity contribution in [2.75, 3.05) is 25.9 Å². The highest BCUT2D eigenvalue weighted by Crippen LogP contribution is 2.30. The van der Waals surface area contributed by atoms with Gasteiger partial charge in [0.1, 0.15) is 0 Å². The summed E-state index contributed by atoms with van der Waals surface area (Å²) >= 11 is 0. The van der Waals surface area contributed by atoms with Gasteiger partial charge < -0.3 is 5.32 Å². The molecule has 1 N–H and O–H groups in total. The first kappa shape index (κ1) is 13.3. The minimum atomic E-state index is -3.03. The van der Waals surface area contributed by atoms with Crippen molar-refractivity contribution in [3.05, 3.63) is 0 Å². The molecule has 0 spiro atoms. The molecule has 2 fully saturated rings. The van der Waals surface area contributed by atoms with Crippen LogP contribution in [-0.2, 0) is 10.0 Å². The maximum atomic E-state index is 11.7. The van der Waals surface area contributed by atoms with Gasteiger partial charge in [0.05, 0.1) is 6.26 Å². The zero-order valence-corrected chi connectivity index (χ0v) is 11.5. The van der Waals surface area contributed by atoms with Crippen molar-refractivity contribution in [1.82, 2.24) is 9.62 Å². The fourth-order valence-electron chi connectivity index (χ4n) is 3.15. The van der Waals surface area contributed by atoms with Crippen LogP contribution in [0.1, 0.15) is 38.5 Å². The molecule has 1 saturated carbocycles. The second-order valence-electron chi connectivity index (χ2n) is 5.46. The van der Waals surface area contributed by atoms with Gasteiger partial charge in [0.2, 0.25) is 10.0 Å². The lowest BCUT2D eigenvalue weighted by Crippen LogP contribution is -2.53.